The van der Waals surface area contributed by atoms with Gasteiger partial charge in [0.05, 0.1) is 19.3 Å². The van der Waals surface area contributed by atoms with Gasteiger partial charge in [-0.15, -0.1) is 0 Å². The molecule has 1 N–H and O–H groups in total. The molecule has 3 unspecified atom stereocenters. The van der Waals surface area contributed by atoms with Gasteiger partial charge in [0.1, 0.15) is 5.54 Å². The van der Waals surface area contributed by atoms with Crippen LogP contribution in [0, 0.1) is 0 Å². The fourth-order valence-corrected chi connectivity index (χ4v) is 2.87. The summed E-state index contributed by atoms with van der Waals surface area (Å²) in [4.78, 5) is 14.6. The fraction of sp³-hybridized carbons (Fsp3) is 0.933. The van der Waals surface area contributed by atoms with Gasteiger partial charge >= 0.3 is 5.97 Å². The molecule has 0 saturated carbocycles. The highest BCUT2D eigenvalue weighted by molar-refractivity contribution is 5.80. The van der Waals surface area contributed by atoms with E-state index in [-0.39, 0.29) is 12.1 Å². The van der Waals surface area contributed by atoms with Crippen LogP contribution in [0.1, 0.15) is 41.0 Å². The molecule has 1 saturated heterocycles. The van der Waals surface area contributed by atoms with Gasteiger partial charge in [0.2, 0.25) is 0 Å². The Morgan fingerprint density at radius 2 is 2.25 bits per heavy atom. The standard InChI is InChI=1S/C15H30N2O3/c1-6-16-15(5,14(18)19-7-2)10-12(3)17-8-9-20-13(4)11-17/h12-13,16H,6-11H2,1-5H3. The van der Waals surface area contributed by atoms with Gasteiger partial charge in [-0.3, -0.25) is 9.69 Å². The van der Waals surface area contributed by atoms with E-state index in [1.54, 1.807) is 0 Å². The van der Waals surface area contributed by atoms with Crippen molar-refractivity contribution in [2.24, 2.45) is 0 Å². The van der Waals surface area contributed by atoms with Gasteiger partial charge in [-0.25, -0.2) is 0 Å². The molecule has 0 aromatic heterocycles. The second-order valence-electron chi connectivity index (χ2n) is 5.81. The lowest BCUT2D eigenvalue weighted by Gasteiger charge is -2.39. The predicted molar refractivity (Wildman–Crippen MR) is 79.8 cm³/mol. The average Bonchev–Trinajstić information content (AvgIpc) is 2.39. The molecule has 1 rings (SSSR count). The molecular weight excluding hydrogens is 256 g/mol. The highest BCUT2D eigenvalue weighted by Gasteiger charge is 2.37. The van der Waals surface area contributed by atoms with E-state index in [1.807, 2.05) is 20.8 Å². The Morgan fingerprint density at radius 3 is 2.80 bits per heavy atom. The molecule has 1 fully saturated rings. The summed E-state index contributed by atoms with van der Waals surface area (Å²) in [5, 5.41) is 3.29. The molecule has 5 nitrogen and oxygen atoms in total. The molecule has 1 heterocycles. The number of carbonyl (C=O) groups excluding carboxylic acids is 1. The van der Waals surface area contributed by atoms with E-state index in [2.05, 4.69) is 24.1 Å². The molecule has 0 amide bonds. The first-order valence-corrected chi connectivity index (χ1v) is 7.70. The van der Waals surface area contributed by atoms with Crippen molar-refractivity contribution in [3.63, 3.8) is 0 Å². The Morgan fingerprint density at radius 1 is 1.55 bits per heavy atom. The van der Waals surface area contributed by atoms with Gasteiger partial charge in [-0.1, -0.05) is 6.92 Å². The lowest BCUT2D eigenvalue weighted by atomic mass is 9.92. The van der Waals surface area contributed by atoms with Gasteiger partial charge in [-0.2, -0.15) is 0 Å². The van der Waals surface area contributed by atoms with Crippen LogP contribution in [0.4, 0.5) is 0 Å². The topological polar surface area (TPSA) is 50.8 Å². The highest BCUT2D eigenvalue weighted by atomic mass is 16.5. The second kappa shape index (κ2) is 7.96. The third-order valence-corrected chi connectivity index (χ3v) is 3.89. The van der Waals surface area contributed by atoms with E-state index >= 15 is 0 Å². The molecule has 20 heavy (non-hydrogen) atoms. The monoisotopic (exact) mass is 286 g/mol. The number of rotatable bonds is 7. The van der Waals surface area contributed by atoms with E-state index in [0.717, 1.165) is 32.7 Å². The van der Waals surface area contributed by atoms with Crippen LogP contribution in [0.3, 0.4) is 0 Å². The first-order valence-electron chi connectivity index (χ1n) is 7.70. The van der Waals surface area contributed by atoms with Gasteiger partial charge in [0, 0.05) is 19.1 Å². The summed E-state index contributed by atoms with van der Waals surface area (Å²) in [6.07, 6.45) is 1.01. The number of hydrogen-bond acceptors (Lipinski definition) is 5. The van der Waals surface area contributed by atoms with Crippen LogP contribution < -0.4 is 5.32 Å². The van der Waals surface area contributed by atoms with Crippen LogP contribution >= 0.6 is 0 Å². The van der Waals surface area contributed by atoms with E-state index in [1.165, 1.54) is 0 Å². The molecule has 0 spiro atoms. The van der Waals surface area contributed by atoms with Gasteiger partial charge in [0.25, 0.3) is 0 Å². The van der Waals surface area contributed by atoms with Crippen molar-refractivity contribution in [1.82, 2.24) is 10.2 Å². The van der Waals surface area contributed by atoms with E-state index in [4.69, 9.17) is 9.47 Å². The molecule has 0 aromatic rings. The molecular formula is C15H30N2O3. The second-order valence-corrected chi connectivity index (χ2v) is 5.81. The van der Waals surface area contributed by atoms with Crippen molar-refractivity contribution in [3.8, 4) is 0 Å². The van der Waals surface area contributed by atoms with Crippen LogP contribution in [0.5, 0.6) is 0 Å². The number of likely N-dealkylation sites (N-methyl/N-ethyl adjacent to an activating group) is 1. The largest absolute Gasteiger partial charge is 0.465 e. The Bertz CT molecular complexity index is 311. The number of morpholine rings is 1. The molecule has 3 atom stereocenters. The van der Waals surface area contributed by atoms with Crippen LogP contribution in [-0.4, -0.2) is 61.4 Å². The summed E-state index contributed by atoms with van der Waals surface area (Å²) in [5.41, 5.74) is -0.619. The molecule has 1 aliphatic rings. The fourth-order valence-electron chi connectivity index (χ4n) is 2.87. The number of hydrogen-bond donors (Lipinski definition) is 1. The summed E-state index contributed by atoms with van der Waals surface area (Å²) in [6, 6.07) is 0.315. The Hall–Kier alpha value is -0.650. The zero-order valence-corrected chi connectivity index (χ0v) is 13.6. The first kappa shape index (κ1) is 17.4. The van der Waals surface area contributed by atoms with Crippen LogP contribution in [0.15, 0.2) is 0 Å². The average molecular weight is 286 g/mol. The van der Waals surface area contributed by atoms with Crippen molar-refractivity contribution in [1.29, 1.82) is 0 Å². The van der Waals surface area contributed by atoms with Crippen molar-refractivity contribution >= 4 is 5.97 Å². The Balaban J connectivity index is 2.66. The predicted octanol–water partition coefficient (Wildman–Crippen LogP) is 1.42. The number of ether oxygens (including phenoxy) is 2. The van der Waals surface area contributed by atoms with Crippen molar-refractivity contribution in [2.45, 2.75) is 58.7 Å². The summed E-state index contributed by atoms with van der Waals surface area (Å²) >= 11 is 0. The quantitative estimate of drug-likeness (QED) is 0.717. The molecule has 1 aliphatic heterocycles. The van der Waals surface area contributed by atoms with Crippen molar-refractivity contribution in [3.05, 3.63) is 0 Å². The Labute approximate surface area is 123 Å². The minimum atomic E-state index is -0.619. The van der Waals surface area contributed by atoms with Gasteiger partial charge in [0.15, 0.2) is 0 Å². The smallest absolute Gasteiger partial charge is 0.326 e. The third-order valence-electron chi connectivity index (χ3n) is 3.89. The molecule has 0 aromatic carbocycles. The minimum Gasteiger partial charge on any atom is -0.465 e. The normalized spacial score (nSPS) is 24.9. The van der Waals surface area contributed by atoms with E-state index in [9.17, 15) is 4.79 Å². The zero-order chi connectivity index (χ0) is 15.2. The maximum Gasteiger partial charge on any atom is 0.326 e. The lowest BCUT2D eigenvalue weighted by molar-refractivity contribution is -0.151. The van der Waals surface area contributed by atoms with Crippen LogP contribution in [0.25, 0.3) is 0 Å². The van der Waals surface area contributed by atoms with E-state index in [0.29, 0.717) is 12.6 Å². The number of carbonyl (C=O) groups is 1. The number of esters is 1. The van der Waals surface area contributed by atoms with Crippen molar-refractivity contribution in [2.75, 3.05) is 32.8 Å². The summed E-state index contributed by atoms with van der Waals surface area (Å²) in [6.45, 7) is 13.8. The molecule has 0 aliphatic carbocycles. The third kappa shape index (κ3) is 4.72. The highest BCUT2D eigenvalue weighted by Crippen LogP contribution is 2.20. The molecule has 0 radical (unpaired) electrons. The first-order chi connectivity index (χ1) is 9.42. The van der Waals surface area contributed by atoms with Crippen molar-refractivity contribution < 1.29 is 14.3 Å². The number of nitrogens with zero attached hydrogens (tertiary/aromatic N) is 1. The minimum absolute atomic E-state index is 0.157. The summed E-state index contributed by atoms with van der Waals surface area (Å²) < 4.78 is 10.8. The van der Waals surface area contributed by atoms with Crippen LogP contribution in [-0.2, 0) is 14.3 Å². The number of nitrogens with one attached hydrogen (secondary N) is 1. The van der Waals surface area contributed by atoms with Gasteiger partial charge in [-0.05, 0) is 40.7 Å². The maximum atomic E-state index is 12.2. The Kier molecular flexibility index (Phi) is 6.92. The summed E-state index contributed by atoms with van der Waals surface area (Å²) in [5.74, 6) is -0.157. The van der Waals surface area contributed by atoms with E-state index < -0.39 is 5.54 Å². The molecule has 0 bridgehead atoms. The SMILES string of the molecule is CCNC(C)(CC(C)N1CCOC(C)C1)C(=O)OCC. The summed E-state index contributed by atoms with van der Waals surface area (Å²) in [7, 11) is 0. The van der Waals surface area contributed by atoms with Crippen LogP contribution in [0.2, 0.25) is 0 Å². The van der Waals surface area contributed by atoms with Gasteiger partial charge < -0.3 is 14.8 Å². The molecule has 5 heteroatoms. The maximum absolute atomic E-state index is 12.2. The zero-order valence-electron chi connectivity index (χ0n) is 13.6. The molecule has 118 valence electrons. The lowest BCUT2D eigenvalue weighted by Crippen LogP contribution is -2.55.